The molecule has 0 atom stereocenters. The fraction of sp³-hybridized carbons (Fsp3) is 0.375. The summed E-state index contributed by atoms with van der Waals surface area (Å²) in [6.45, 7) is 0.706. The van der Waals surface area contributed by atoms with Crippen LogP contribution in [0.25, 0.3) is 0 Å². The van der Waals surface area contributed by atoms with Gasteiger partial charge in [-0.25, -0.2) is 0 Å². The van der Waals surface area contributed by atoms with Crippen LogP contribution in [-0.2, 0) is 6.42 Å². The number of nitrogens with one attached hydrogen (secondary N) is 1. The molecule has 1 N–H and O–H groups in total. The zero-order valence-electron chi connectivity index (χ0n) is 17.2. The summed E-state index contributed by atoms with van der Waals surface area (Å²) in [6, 6.07) is 18.5. The van der Waals surface area contributed by atoms with Gasteiger partial charge in [0.05, 0.1) is 12.8 Å². The summed E-state index contributed by atoms with van der Waals surface area (Å²) >= 11 is 5.38. The molecule has 0 spiro atoms. The Labute approximate surface area is 182 Å². The van der Waals surface area contributed by atoms with Gasteiger partial charge in [-0.1, -0.05) is 49.6 Å². The summed E-state index contributed by atoms with van der Waals surface area (Å²) in [5, 5.41) is 11.9. The van der Waals surface area contributed by atoms with Crippen molar-refractivity contribution in [3.8, 4) is 5.75 Å². The molecule has 0 saturated heterocycles. The van der Waals surface area contributed by atoms with E-state index in [1.54, 1.807) is 4.68 Å². The summed E-state index contributed by atoms with van der Waals surface area (Å²) < 4.78 is 8.19. The lowest BCUT2D eigenvalue weighted by Crippen LogP contribution is -2.10. The molecule has 0 radical (unpaired) electrons. The van der Waals surface area contributed by atoms with E-state index in [1.807, 2.05) is 36.5 Å². The maximum atomic E-state index is 5.87. The van der Waals surface area contributed by atoms with Crippen LogP contribution in [0.1, 0.15) is 61.4 Å². The zero-order valence-corrected chi connectivity index (χ0v) is 18.0. The second-order valence-corrected chi connectivity index (χ2v) is 8.17. The summed E-state index contributed by atoms with van der Waals surface area (Å²) in [5.41, 5.74) is 2.35. The molecule has 0 bridgehead atoms. The Kier molecular flexibility index (Phi) is 7.08. The smallest absolute Gasteiger partial charge is 0.216 e. The van der Waals surface area contributed by atoms with E-state index in [-0.39, 0.29) is 0 Å². The van der Waals surface area contributed by atoms with Crippen LogP contribution in [0.15, 0.2) is 59.7 Å². The maximum absolute atomic E-state index is 5.87. The third-order valence-corrected chi connectivity index (χ3v) is 5.83. The van der Waals surface area contributed by atoms with Crippen molar-refractivity contribution in [2.24, 2.45) is 5.10 Å². The van der Waals surface area contributed by atoms with Gasteiger partial charge in [0.15, 0.2) is 5.82 Å². The Morgan fingerprint density at radius 1 is 1.07 bits per heavy atom. The first-order valence-electron chi connectivity index (χ1n) is 10.8. The van der Waals surface area contributed by atoms with E-state index in [2.05, 4.69) is 39.6 Å². The normalized spacial score (nSPS) is 14.9. The van der Waals surface area contributed by atoms with E-state index in [9.17, 15) is 0 Å². The highest BCUT2D eigenvalue weighted by molar-refractivity contribution is 7.71. The number of aromatic amines is 1. The van der Waals surface area contributed by atoms with Crippen LogP contribution in [0.2, 0.25) is 0 Å². The number of hydrogen-bond donors (Lipinski definition) is 1. The van der Waals surface area contributed by atoms with Gasteiger partial charge in [-0.2, -0.15) is 14.9 Å². The van der Waals surface area contributed by atoms with Crippen molar-refractivity contribution in [3.05, 3.63) is 76.3 Å². The summed E-state index contributed by atoms with van der Waals surface area (Å²) in [6.07, 6.45) is 9.98. The van der Waals surface area contributed by atoms with Crippen molar-refractivity contribution in [1.82, 2.24) is 14.9 Å². The quantitative estimate of drug-likeness (QED) is 0.281. The van der Waals surface area contributed by atoms with E-state index in [0.717, 1.165) is 42.8 Å². The lowest BCUT2D eigenvalue weighted by molar-refractivity contribution is 0.311. The third kappa shape index (κ3) is 5.45. The molecule has 4 rings (SSSR count). The van der Waals surface area contributed by atoms with E-state index >= 15 is 0 Å². The van der Waals surface area contributed by atoms with Gasteiger partial charge < -0.3 is 4.74 Å². The van der Waals surface area contributed by atoms with Gasteiger partial charge >= 0.3 is 0 Å². The Bertz CT molecular complexity index is 1000. The van der Waals surface area contributed by atoms with Crippen LogP contribution >= 0.6 is 12.2 Å². The number of rotatable bonds is 8. The number of aryl methyl sites for hydroxylation is 1. The molecular weight excluding hydrogens is 392 g/mol. The van der Waals surface area contributed by atoms with Crippen LogP contribution in [0.5, 0.6) is 5.75 Å². The first-order valence-corrected chi connectivity index (χ1v) is 11.2. The molecule has 156 valence electrons. The molecule has 2 aromatic carbocycles. The molecular formula is C24H28N4OS. The van der Waals surface area contributed by atoms with Crippen LogP contribution in [0, 0.1) is 4.77 Å². The first kappa shape index (κ1) is 20.5. The standard InChI is InChI=1S/C24H28N4OS/c30-24-27-26-23(21-11-5-2-6-12-21)28(24)25-18-20-13-15-22(16-14-20)29-17-7-10-19-8-3-1-4-9-19/h1,3-4,8-9,13-16,18,21H,2,5-7,10-12,17H2,(H,27,30)/b25-18-. The van der Waals surface area contributed by atoms with Gasteiger partial charge in [-0.05, 0) is 73.3 Å². The van der Waals surface area contributed by atoms with Crippen LogP contribution in [0.3, 0.4) is 0 Å². The van der Waals surface area contributed by atoms with E-state index in [4.69, 9.17) is 17.0 Å². The van der Waals surface area contributed by atoms with Crippen molar-refractivity contribution in [1.29, 1.82) is 0 Å². The van der Waals surface area contributed by atoms with Crippen molar-refractivity contribution < 1.29 is 4.74 Å². The minimum Gasteiger partial charge on any atom is -0.494 e. The topological polar surface area (TPSA) is 55.2 Å². The van der Waals surface area contributed by atoms with Crippen molar-refractivity contribution >= 4 is 18.4 Å². The lowest BCUT2D eigenvalue weighted by atomic mass is 9.89. The average Bonchev–Trinajstić information content (AvgIpc) is 3.18. The number of nitrogens with zero attached hydrogens (tertiary/aromatic N) is 3. The van der Waals surface area contributed by atoms with Crippen molar-refractivity contribution in [2.45, 2.75) is 50.9 Å². The molecule has 5 nitrogen and oxygen atoms in total. The van der Waals surface area contributed by atoms with Gasteiger partial charge in [-0.15, -0.1) is 0 Å². The Balaban J connectivity index is 1.32. The predicted octanol–water partition coefficient (Wildman–Crippen LogP) is 5.88. The maximum Gasteiger partial charge on any atom is 0.216 e. The summed E-state index contributed by atoms with van der Waals surface area (Å²) in [7, 11) is 0. The van der Waals surface area contributed by atoms with Crippen LogP contribution < -0.4 is 4.74 Å². The Hall–Kier alpha value is -2.73. The highest BCUT2D eigenvalue weighted by Gasteiger charge is 2.21. The molecule has 1 aromatic heterocycles. The monoisotopic (exact) mass is 420 g/mol. The first-order chi connectivity index (χ1) is 14.8. The number of benzene rings is 2. The highest BCUT2D eigenvalue weighted by atomic mass is 32.1. The fourth-order valence-electron chi connectivity index (χ4n) is 3.93. The third-order valence-electron chi connectivity index (χ3n) is 5.57. The average molecular weight is 421 g/mol. The van der Waals surface area contributed by atoms with Gasteiger partial charge in [0.1, 0.15) is 5.75 Å². The molecule has 1 fully saturated rings. The number of ether oxygens (including phenoxy) is 1. The van der Waals surface area contributed by atoms with E-state index in [1.165, 1.54) is 24.8 Å². The number of H-pyrrole nitrogens is 1. The predicted molar refractivity (Wildman–Crippen MR) is 123 cm³/mol. The highest BCUT2D eigenvalue weighted by Crippen LogP contribution is 2.31. The van der Waals surface area contributed by atoms with Gasteiger partial charge in [0, 0.05) is 5.92 Å². The van der Waals surface area contributed by atoms with Gasteiger partial charge in [-0.3, -0.25) is 5.10 Å². The van der Waals surface area contributed by atoms with Crippen molar-refractivity contribution in [2.75, 3.05) is 6.61 Å². The van der Waals surface area contributed by atoms with E-state index < -0.39 is 0 Å². The Morgan fingerprint density at radius 3 is 2.60 bits per heavy atom. The molecule has 1 saturated carbocycles. The Morgan fingerprint density at radius 2 is 1.83 bits per heavy atom. The second kappa shape index (κ2) is 10.3. The molecule has 6 heteroatoms. The minimum atomic E-state index is 0.440. The van der Waals surface area contributed by atoms with Crippen molar-refractivity contribution in [3.63, 3.8) is 0 Å². The van der Waals surface area contributed by atoms with Crippen LogP contribution in [-0.4, -0.2) is 27.7 Å². The van der Waals surface area contributed by atoms with Crippen LogP contribution in [0.4, 0.5) is 0 Å². The molecule has 0 aliphatic heterocycles. The molecule has 1 aliphatic carbocycles. The molecule has 30 heavy (non-hydrogen) atoms. The summed E-state index contributed by atoms with van der Waals surface area (Å²) in [4.78, 5) is 0. The largest absolute Gasteiger partial charge is 0.494 e. The minimum absolute atomic E-state index is 0.440. The zero-order chi connectivity index (χ0) is 20.6. The SMILES string of the molecule is S=c1[nH]nc(C2CCCCC2)n1/N=C\c1ccc(OCCCc2ccccc2)cc1. The van der Waals surface area contributed by atoms with E-state index in [0.29, 0.717) is 17.3 Å². The molecule has 3 aromatic rings. The number of aromatic nitrogens is 3. The fourth-order valence-corrected chi connectivity index (χ4v) is 4.11. The number of hydrogen-bond acceptors (Lipinski definition) is 4. The second-order valence-electron chi connectivity index (χ2n) is 7.78. The molecule has 0 amide bonds. The van der Waals surface area contributed by atoms with Gasteiger partial charge in [0.25, 0.3) is 0 Å². The lowest BCUT2D eigenvalue weighted by Gasteiger charge is -2.19. The summed E-state index contributed by atoms with van der Waals surface area (Å²) in [5.74, 6) is 2.27. The molecule has 0 unspecified atom stereocenters. The molecule has 1 aliphatic rings. The van der Waals surface area contributed by atoms with Gasteiger partial charge in [0.2, 0.25) is 4.77 Å². The molecule has 1 heterocycles.